The highest BCUT2D eigenvalue weighted by Gasteiger charge is 2.28. The molecule has 1 amide bonds. The molecule has 5 nitrogen and oxygen atoms in total. The molecule has 1 aromatic heterocycles. The van der Waals surface area contributed by atoms with Crippen LogP contribution in [0.4, 0.5) is 0 Å². The van der Waals surface area contributed by atoms with Crippen LogP contribution in [0.3, 0.4) is 0 Å². The second-order valence-corrected chi connectivity index (χ2v) is 6.60. The number of rotatable bonds is 3. The molecule has 0 unspecified atom stereocenters. The first-order valence-corrected chi connectivity index (χ1v) is 7.33. The summed E-state index contributed by atoms with van der Waals surface area (Å²) in [6.07, 6.45) is 2.09. The summed E-state index contributed by atoms with van der Waals surface area (Å²) < 4.78 is 27.5. The van der Waals surface area contributed by atoms with Crippen LogP contribution in [0.15, 0.2) is 16.7 Å². The van der Waals surface area contributed by atoms with E-state index in [9.17, 15) is 13.2 Å². The second kappa shape index (κ2) is 4.52. The molecule has 1 aliphatic rings. The summed E-state index contributed by atoms with van der Waals surface area (Å²) in [6, 6.07) is 1.61. The first-order valence-electron chi connectivity index (χ1n) is 5.50. The highest BCUT2D eigenvalue weighted by Crippen LogP contribution is 2.17. The molecule has 0 aromatic carbocycles. The van der Waals surface area contributed by atoms with Crippen molar-refractivity contribution in [1.29, 1.82) is 0 Å². The van der Waals surface area contributed by atoms with E-state index in [0.717, 1.165) is 0 Å². The quantitative estimate of drug-likeness (QED) is 0.867. The van der Waals surface area contributed by atoms with Gasteiger partial charge in [-0.3, -0.25) is 4.79 Å². The Bertz CT molecular complexity index is 517. The van der Waals surface area contributed by atoms with Crippen molar-refractivity contribution in [2.24, 2.45) is 5.92 Å². The normalized spacial score (nSPS) is 22.5. The van der Waals surface area contributed by atoms with Crippen LogP contribution in [0.25, 0.3) is 0 Å². The van der Waals surface area contributed by atoms with Gasteiger partial charge in [-0.15, -0.1) is 0 Å². The molecule has 1 aromatic rings. The largest absolute Gasteiger partial charge is 0.469 e. The van der Waals surface area contributed by atoms with E-state index in [4.69, 9.17) is 4.42 Å². The molecule has 1 atom stereocenters. The van der Waals surface area contributed by atoms with E-state index in [0.29, 0.717) is 24.3 Å². The highest BCUT2D eigenvalue weighted by molar-refractivity contribution is 7.91. The monoisotopic (exact) mass is 257 g/mol. The molecule has 1 fully saturated rings. The number of carbonyl (C=O) groups is 1. The number of nitrogens with one attached hydrogen (secondary N) is 1. The van der Waals surface area contributed by atoms with Gasteiger partial charge in [0.1, 0.15) is 5.76 Å². The molecule has 1 aliphatic heterocycles. The summed E-state index contributed by atoms with van der Waals surface area (Å²) in [7, 11) is -2.88. The predicted molar refractivity (Wildman–Crippen MR) is 62.5 cm³/mol. The van der Waals surface area contributed by atoms with Gasteiger partial charge in [0, 0.05) is 6.54 Å². The van der Waals surface area contributed by atoms with Crippen LogP contribution in [0.1, 0.15) is 22.5 Å². The minimum Gasteiger partial charge on any atom is -0.469 e. The smallest absolute Gasteiger partial charge is 0.254 e. The Hall–Kier alpha value is -1.30. The van der Waals surface area contributed by atoms with E-state index in [2.05, 4.69) is 5.32 Å². The molecule has 2 heterocycles. The van der Waals surface area contributed by atoms with E-state index in [1.807, 2.05) is 0 Å². The molecule has 0 saturated carbocycles. The summed E-state index contributed by atoms with van der Waals surface area (Å²) in [5.41, 5.74) is 0.505. The Morgan fingerprint density at radius 3 is 2.88 bits per heavy atom. The standard InChI is InChI=1S/C11H15NO4S/c1-8-10(2-4-16-8)11(13)12-6-9-3-5-17(14,15)7-9/h2,4,9H,3,5-7H2,1H3,(H,12,13)/t9-/m1/s1. The van der Waals surface area contributed by atoms with Gasteiger partial charge in [0.25, 0.3) is 5.91 Å². The summed E-state index contributed by atoms with van der Waals surface area (Å²) >= 11 is 0. The molecule has 1 N–H and O–H groups in total. The van der Waals surface area contributed by atoms with E-state index in [1.165, 1.54) is 6.26 Å². The van der Waals surface area contributed by atoms with Crippen LogP contribution in [0, 0.1) is 12.8 Å². The summed E-state index contributed by atoms with van der Waals surface area (Å²) in [5, 5.41) is 2.74. The number of amides is 1. The Morgan fingerprint density at radius 2 is 2.35 bits per heavy atom. The van der Waals surface area contributed by atoms with Gasteiger partial charge in [-0.1, -0.05) is 0 Å². The van der Waals surface area contributed by atoms with Gasteiger partial charge in [-0.2, -0.15) is 0 Å². The third-order valence-electron chi connectivity index (χ3n) is 2.98. The van der Waals surface area contributed by atoms with Crippen LogP contribution in [0.2, 0.25) is 0 Å². The third-order valence-corrected chi connectivity index (χ3v) is 4.82. The topological polar surface area (TPSA) is 76.4 Å². The predicted octanol–water partition coefficient (Wildman–Crippen LogP) is 0.753. The van der Waals surface area contributed by atoms with E-state index < -0.39 is 9.84 Å². The van der Waals surface area contributed by atoms with Crippen molar-refractivity contribution in [2.75, 3.05) is 18.1 Å². The molecule has 0 aliphatic carbocycles. The number of hydrogen-bond acceptors (Lipinski definition) is 4. The van der Waals surface area contributed by atoms with Crippen molar-refractivity contribution in [3.8, 4) is 0 Å². The van der Waals surface area contributed by atoms with Crippen LogP contribution in [-0.2, 0) is 9.84 Å². The number of sulfone groups is 1. The van der Waals surface area contributed by atoms with Crippen molar-refractivity contribution in [1.82, 2.24) is 5.32 Å². The van der Waals surface area contributed by atoms with Gasteiger partial charge in [0.15, 0.2) is 9.84 Å². The molecular weight excluding hydrogens is 242 g/mol. The second-order valence-electron chi connectivity index (χ2n) is 4.37. The first-order chi connectivity index (χ1) is 7.98. The Labute approximate surface area is 100 Å². The zero-order valence-electron chi connectivity index (χ0n) is 9.60. The SMILES string of the molecule is Cc1occc1C(=O)NC[C@H]1CCS(=O)(=O)C1. The zero-order chi connectivity index (χ0) is 12.5. The Kier molecular flexibility index (Phi) is 3.24. The third kappa shape index (κ3) is 2.88. The Balaban J connectivity index is 1.88. The van der Waals surface area contributed by atoms with E-state index >= 15 is 0 Å². The lowest BCUT2D eigenvalue weighted by atomic mass is 10.1. The maximum atomic E-state index is 11.7. The van der Waals surface area contributed by atoms with Gasteiger partial charge < -0.3 is 9.73 Å². The van der Waals surface area contributed by atoms with Crippen LogP contribution in [0.5, 0.6) is 0 Å². The molecule has 0 spiro atoms. The Morgan fingerprint density at radius 1 is 1.59 bits per heavy atom. The fourth-order valence-corrected chi connectivity index (χ4v) is 3.85. The van der Waals surface area contributed by atoms with Crippen molar-refractivity contribution in [2.45, 2.75) is 13.3 Å². The fraction of sp³-hybridized carbons (Fsp3) is 0.545. The number of aryl methyl sites for hydroxylation is 1. The molecular formula is C11H15NO4S. The lowest BCUT2D eigenvalue weighted by Crippen LogP contribution is -2.29. The molecule has 6 heteroatoms. The van der Waals surface area contributed by atoms with Crippen LogP contribution >= 0.6 is 0 Å². The van der Waals surface area contributed by atoms with Crippen molar-refractivity contribution in [3.05, 3.63) is 23.7 Å². The maximum Gasteiger partial charge on any atom is 0.254 e. The zero-order valence-corrected chi connectivity index (χ0v) is 10.4. The van der Waals surface area contributed by atoms with Crippen LogP contribution < -0.4 is 5.32 Å². The lowest BCUT2D eigenvalue weighted by Gasteiger charge is -2.08. The van der Waals surface area contributed by atoms with Crippen molar-refractivity contribution in [3.63, 3.8) is 0 Å². The molecule has 1 saturated heterocycles. The average Bonchev–Trinajstić information content (AvgIpc) is 2.81. The fourth-order valence-electron chi connectivity index (χ4n) is 1.99. The summed E-state index contributed by atoms with van der Waals surface area (Å²) in [4.78, 5) is 11.7. The highest BCUT2D eigenvalue weighted by atomic mass is 32.2. The molecule has 0 radical (unpaired) electrons. The lowest BCUT2D eigenvalue weighted by molar-refractivity contribution is 0.0947. The van der Waals surface area contributed by atoms with E-state index in [1.54, 1.807) is 13.0 Å². The van der Waals surface area contributed by atoms with Crippen molar-refractivity contribution >= 4 is 15.7 Å². The average molecular weight is 257 g/mol. The molecule has 0 bridgehead atoms. The minimum absolute atomic E-state index is 0.0381. The molecule has 94 valence electrons. The van der Waals surface area contributed by atoms with Gasteiger partial charge in [-0.25, -0.2) is 8.42 Å². The van der Waals surface area contributed by atoms with Crippen molar-refractivity contribution < 1.29 is 17.6 Å². The van der Waals surface area contributed by atoms with Gasteiger partial charge >= 0.3 is 0 Å². The van der Waals surface area contributed by atoms with E-state index in [-0.39, 0.29) is 23.3 Å². The number of furan rings is 1. The summed E-state index contributed by atoms with van der Waals surface area (Å²) in [5.74, 6) is 0.814. The number of carbonyl (C=O) groups excluding carboxylic acids is 1. The van der Waals surface area contributed by atoms with Gasteiger partial charge in [-0.05, 0) is 25.3 Å². The number of hydrogen-bond donors (Lipinski definition) is 1. The minimum atomic E-state index is -2.88. The first kappa shape index (κ1) is 12.2. The summed E-state index contributed by atoms with van der Waals surface area (Å²) in [6.45, 7) is 2.12. The molecule has 2 rings (SSSR count). The van der Waals surface area contributed by atoms with Gasteiger partial charge in [0.05, 0.1) is 23.3 Å². The van der Waals surface area contributed by atoms with Crippen LogP contribution in [-0.4, -0.2) is 32.4 Å². The van der Waals surface area contributed by atoms with Gasteiger partial charge in [0.2, 0.25) is 0 Å². The molecule has 17 heavy (non-hydrogen) atoms. The maximum absolute atomic E-state index is 11.7.